The predicted octanol–water partition coefficient (Wildman–Crippen LogP) is 3.18. The molecule has 3 aromatic rings. The first-order valence-electron chi connectivity index (χ1n) is 10.2. The van der Waals surface area contributed by atoms with E-state index in [1.54, 1.807) is 7.11 Å². The number of aryl methyl sites for hydroxylation is 1. The first kappa shape index (κ1) is 20.3. The van der Waals surface area contributed by atoms with Crippen LogP contribution >= 0.6 is 0 Å². The SMILES string of the molecule is COc1ccc2nc(C)c(C(=O)NCC3CN(Cc4ccccc4)CCO3)cc2c1. The van der Waals surface area contributed by atoms with Crippen molar-refractivity contribution in [2.75, 3.05) is 33.4 Å². The van der Waals surface area contributed by atoms with Gasteiger partial charge in [-0.1, -0.05) is 30.3 Å². The second-order valence-corrected chi connectivity index (χ2v) is 7.60. The number of hydrogen-bond donors (Lipinski definition) is 1. The summed E-state index contributed by atoms with van der Waals surface area (Å²) in [4.78, 5) is 19.8. The van der Waals surface area contributed by atoms with Crippen LogP contribution in [0.1, 0.15) is 21.6 Å². The molecule has 0 aliphatic carbocycles. The summed E-state index contributed by atoms with van der Waals surface area (Å²) in [5, 5.41) is 3.91. The molecule has 1 fully saturated rings. The molecule has 1 amide bonds. The van der Waals surface area contributed by atoms with Gasteiger partial charge in [-0.3, -0.25) is 14.7 Å². The summed E-state index contributed by atoms with van der Waals surface area (Å²) >= 11 is 0. The van der Waals surface area contributed by atoms with Gasteiger partial charge in [0.25, 0.3) is 5.91 Å². The number of amides is 1. The van der Waals surface area contributed by atoms with Crippen molar-refractivity contribution in [2.45, 2.75) is 19.6 Å². The molecule has 0 spiro atoms. The molecule has 1 aliphatic heterocycles. The first-order chi connectivity index (χ1) is 14.6. The number of rotatable bonds is 6. The van der Waals surface area contributed by atoms with Crippen LogP contribution in [0.2, 0.25) is 0 Å². The largest absolute Gasteiger partial charge is 0.497 e. The number of morpholine rings is 1. The van der Waals surface area contributed by atoms with Gasteiger partial charge >= 0.3 is 0 Å². The molecule has 1 aliphatic rings. The highest BCUT2D eigenvalue weighted by Gasteiger charge is 2.22. The minimum Gasteiger partial charge on any atom is -0.497 e. The van der Waals surface area contributed by atoms with Crippen molar-refractivity contribution in [3.05, 3.63) is 71.4 Å². The van der Waals surface area contributed by atoms with E-state index in [9.17, 15) is 4.79 Å². The number of hydrogen-bond acceptors (Lipinski definition) is 5. The van der Waals surface area contributed by atoms with Crippen molar-refractivity contribution >= 4 is 16.8 Å². The maximum absolute atomic E-state index is 12.8. The molecule has 1 saturated heterocycles. The van der Waals surface area contributed by atoms with Crippen molar-refractivity contribution < 1.29 is 14.3 Å². The first-order valence-corrected chi connectivity index (χ1v) is 10.2. The van der Waals surface area contributed by atoms with E-state index < -0.39 is 0 Å². The zero-order valence-corrected chi connectivity index (χ0v) is 17.4. The van der Waals surface area contributed by atoms with E-state index in [-0.39, 0.29) is 12.0 Å². The fraction of sp³-hybridized carbons (Fsp3) is 0.333. The number of methoxy groups -OCH3 is 1. The highest BCUT2D eigenvalue weighted by atomic mass is 16.5. The van der Waals surface area contributed by atoms with Crippen LogP contribution in [-0.2, 0) is 11.3 Å². The number of pyridine rings is 1. The quantitative estimate of drug-likeness (QED) is 0.682. The molecule has 0 saturated carbocycles. The van der Waals surface area contributed by atoms with E-state index in [1.165, 1.54) is 5.56 Å². The lowest BCUT2D eigenvalue weighted by Crippen LogP contribution is -2.47. The molecule has 4 rings (SSSR count). The van der Waals surface area contributed by atoms with E-state index in [4.69, 9.17) is 9.47 Å². The Morgan fingerprint density at radius 2 is 2.07 bits per heavy atom. The number of carbonyl (C=O) groups excluding carboxylic acids is 1. The van der Waals surface area contributed by atoms with Crippen LogP contribution in [0.4, 0.5) is 0 Å². The Morgan fingerprint density at radius 3 is 2.87 bits per heavy atom. The zero-order valence-electron chi connectivity index (χ0n) is 17.4. The summed E-state index contributed by atoms with van der Waals surface area (Å²) in [6, 6.07) is 18.0. The van der Waals surface area contributed by atoms with Gasteiger partial charge in [-0.15, -0.1) is 0 Å². The van der Waals surface area contributed by atoms with Gasteiger partial charge in [-0.2, -0.15) is 0 Å². The highest BCUT2D eigenvalue weighted by Crippen LogP contribution is 2.22. The third kappa shape index (κ3) is 4.78. The summed E-state index contributed by atoms with van der Waals surface area (Å²) in [6.07, 6.45) is -0.0276. The Labute approximate surface area is 176 Å². The second-order valence-electron chi connectivity index (χ2n) is 7.60. The van der Waals surface area contributed by atoms with Gasteiger partial charge in [0.15, 0.2) is 0 Å². The molecule has 1 atom stereocenters. The Kier molecular flexibility index (Phi) is 6.26. The van der Waals surface area contributed by atoms with E-state index >= 15 is 0 Å². The topological polar surface area (TPSA) is 63.7 Å². The Balaban J connectivity index is 1.38. The van der Waals surface area contributed by atoms with Gasteiger partial charge in [-0.05, 0) is 36.8 Å². The number of ether oxygens (including phenoxy) is 2. The molecule has 6 heteroatoms. The monoisotopic (exact) mass is 405 g/mol. The number of aromatic nitrogens is 1. The molecule has 1 unspecified atom stereocenters. The minimum atomic E-state index is -0.131. The van der Waals surface area contributed by atoms with E-state index in [1.807, 2.05) is 37.3 Å². The third-order valence-corrected chi connectivity index (χ3v) is 5.42. The minimum absolute atomic E-state index is 0.0276. The molecule has 2 aromatic carbocycles. The molecule has 156 valence electrons. The molecule has 0 radical (unpaired) electrons. The summed E-state index contributed by atoms with van der Waals surface area (Å²) in [5.74, 6) is 0.613. The van der Waals surface area contributed by atoms with Crippen LogP contribution in [0, 0.1) is 6.92 Å². The smallest absolute Gasteiger partial charge is 0.253 e. The van der Waals surface area contributed by atoms with Gasteiger partial charge in [0, 0.05) is 31.6 Å². The number of nitrogens with zero attached hydrogens (tertiary/aromatic N) is 2. The predicted molar refractivity (Wildman–Crippen MR) is 117 cm³/mol. The van der Waals surface area contributed by atoms with Crippen LogP contribution in [0.15, 0.2) is 54.6 Å². The van der Waals surface area contributed by atoms with E-state index in [0.29, 0.717) is 24.4 Å². The number of carbonyl (C=O) groups is 1. The summed E-state index contributed by atoms with van der Waals surface area (Å²) in [5.41, 5.74) is 3.42. The average molecular weight is 405 g/mol. The molecule has 1 aromatic heterocycles. The zero-order chi connectivity index (χ0) is 20.9. The average Bonchev–Trinajstić information content (AvgIpc) is 2.77. The van der Waals surface area contributed by atoms with E-state index in [2.05, 4.69) is 39.5 Å². The molecule has 1 N–H and O–H groups in total. The second kappa shape index (κ2) is 9.24. The van der Waals surface area contributed by atoms with Crippen molar-refractivity contribution in [3.63, 3.8) is 0 Å². The molecule has 0 bridgehead atoms. The maximum atomic E-state index is 12.8. The molecule has 6 nitrogen and oxygen atoms in total. The fourth-order valence-corrected chi connectivity index (χ4v) is 3.80. The lowest BCUT2D eigenvalue weighted by Gasteiger charge is -2.33. The molecular formula is C24H27N3O3. The summed E-state index contributed by atoms with van der Waals surface area (Å²) in [6.45, 7) is 5.58. The summed E-state index contributed by atoms with van der Waals surface area (Å²) < 4.78 is 11.2. The lowest BCUT2D eigenvalue weighted by atomic mass is 10.1. The number of fused-ring (bicyclic) bond motifs is 1. The van der Waals surface area contributed by atoms with Crippen molar-refractivity contribution in [1.82, 2.24) is 15.2 Å². The van der Waals surface area contributed by atoms with Gasteiger partial charge in [0.2, 0.25) is 0 Å². The van der Waals surface area contributed by atoms with Crippen molar-refractivity contribution in [3.8, 4) is 5.75 Å². The molecule has 30 heavy (non-hydrogen) atoms. The maximum Gasteiger partial charge on any atom is 0.253 e. The van der Waals surface area contributed by atoms with Gasteiger partial charge in [-0.25, -0.2) is 0 Å². The fourth-order valence-electron chi connectivity index (χ4n) is 3.80. The van der Waals surface area contributed by atoms with Crippen molar-refractivity contribution in [2.24, 2.45) is 0 Å². The Hall–Kier alpha value is -2.96. The Morgan fingerprint density at radius 1 is 1.23 bits per heavy atom. The third-order valence-electron chi connectivity index (χ3n) is 5.42. The molecule has 2 heterocycles. The lowest BCUT2D eigenvalue weighted by molar-refractivity contribution is -0.0292. The number of nitrogens with one attached hydrogen (secondary N) is 1. The van der Waals surface area contributed by atoms with Crippen LogP contribution in [-0.4, -0.2) is 55.2 Å². The van der Waals surface area contributed by atoms with Crippen LogP contribution in [0.3, 0.4) is 0 Å². The van der Waals surface area contributed by atoms with Crippen LogP contribution < -0.4 is 10.1 Å². The standard InChI is InChI=1S/C24H27N3O3/c1-17-22(13-19-12-20(29-2)8-9-23(19)26-17)24(28)25-14-21-16-27(10-11-30-21)15-18-6-4-3-5-7-18/h3-9,12-13,21H,10-11,14-16H2,1-2H3,(H,25,28). The van der Waals surface area contributed by atoms with Crippen LogP contribution in [0.5, 0.6) is 5.75 Å². The molecular weight excluding hydrogens is 378 g/mol. The summed E-state index contributed by atoms with van der Waals surface area (Å²) in [7, 11) is 1.63. The van der Waals surface area contributed by atoms with Gasteiger partial charge in [0.05, 0.1) is 36.6 Å². The van der Waals surface area contributed by atoms with Gasteiger partial charge < -0.3 is 14.8 Å². The normalized spacial score (nSPS) is 17.1. The van der Waals surface area contributed by atoms with Crippen molar-refractivity contribution in [1.29, 1.82) is 0 Å². The van der Waals surface area contributed by atoms with E-state index in [0.717, 1.165) is 36.3 Å². The van der Waals surface area contributed by atoms with Crippen LogP contribution in [0.25, 0.3) is 10.9 Å². The number of benzene rings is 2. The van der Waals surface area contributed by atoms with Gasteiger partial charge in [0.1, 0.15) is 5.75 Å². The highest BCUT2D eigenvalue weighted by molar-refractivity contribution is 5.98. The Bertz CT molecular complexity index is 1020.